The summed E-state index contributed by atoms with van der Waals surface area (Å²) in [6.07, 6.45) is 2.02. The third-order valence-electron chi connectivity index (χ3n) is 3.72. The smallest absolute Gasteiger partial charge is 0.410 e. The maximum Gasteiger partial charge on any atom is 0.410 e. The predicted octanol–water partition coefficient (Wildman–Crippen LogP) is 2.34. The molecule has 2 saturated heterocycles. The lowest BCUT2D eigenvalue weighted by molar-refractivity contribution is 0.0000595. The number of rotatable bonds is 1. The molecule has 2 aliphatic rings. The minimum absolute atomic E-state index is 0.155. The first kappa shape index (κ1) is 13.7. The SMILES string of the molecule is CC1CN(C2CCN(C(=O)OC(C)(C)C)CC2)C1. The van der Waals surface area contributed by atoms with Gasteiger partial charge in [-0.05, 0) is 39.5 Å². The number of piperidine rings is 1. The molecule has 2 aliphatic heterocycles. The molecule has 0 atom stereocenters. The van der Waals surface area contributed by atoms with Crippen molar-refractivity contribution in [3.8, 4) is 0 Å². The fourth-order valence-electron chi connectivity index (χ4n) is 2.79. The van der Waals surface area contributed by atoms with Crippen LogP contribution in [0.25, 0.3) is 0 Å². The van der Waals surface area contributed by atoms with E-state index in [1.807, 2.05) is 25.7 Å². The first-order chi connectivity index (χ1) is 8.35. The Morgan fingerprint density at radius 2 is 1.72 bits per heavy atom. The van der Waals surface area contributed by atoms with Crippen molar-refractivity contribution in [1.29, 1.82) is 0 Å². The second-order valence-corrected chi connectivity index (χ2v) is 6.76. The van der Waals surface area contributed by atoms with Gasteiger partial charge in [-0.25, -0.2) is 4.79 Å². The van der Waals surface area contributed by atoms with Gasteiger partial charge < -0.3 is 9.64 Å². The van der Waals surface area contributed by atoms with Gasteiger partial charge in [-0.2, -0.15) is 0 Å². The largest absolute Gasteiger partial charge is 0.444 e. The van der Waals surface area contributed by atoms with Gasteiger partial charge in [-0.1, -0.05) is 6.92 Å². The summed E-state index contributed by atoms with van der Waals surface area (Å²) < 4.78 is 5.40. The molecule has 18 heavy (non-hydrogen) atoms. The van der Waals surface area contributed by atoms with Crippen LogP contribution in [0.15, 0.2) is 0 Å². The molecule has 0 unspecified atom stereocenters. The van der Waals surface area contributed by atoms with Crippen LogP contribution in [0.4, 0.5) is 4.79 Å². The molecule has 0 aromatic rings. The summed E-state index contributed by atoms with van der Waals surface area (Å²) in [7, 11) is 0. The Morgan fingerprint density at radius 3 is 2.17 bits per heavy atom. The monoisotopic (exact) mass is 254 g/mol. The van der Waals surface area contributed by atoms with Gasteiger partial charge in [0.15, 0.2) is 0 Å². The third kappa shape index (κ3) is 3.37. The number of likely N-dealkylation sites (tertiary alicyclic amines) is 2. The number of hydrogen-bond donors (Lipinski definition) is 0. The number of carbonyl (C=O) groups excluding carboxylic acids is 1. The highest BCUT2D eigenvalue weighted by Crippen LogP contribution is 2.25. The number of amides is 1. The minimum Gasteiger partial charge on any atom is -0.444 e. The molecule has 0 N–H and O–H groups in total. The lowest BCUT2D eigenvalue weighted by Crippen LogP contribution is -2.55. The molecule has 2 fully saturated rings. The average molecular weight is 254 g/mol. The molecule has 0 aromatic carbocycles. The van der Waals surface area contributed by atoms with Crippen molar-refractivity contribution in [3.05, 3.63) is 0 Å². The number of hydrogen-bond acceptors (Lipinski definition) is 3. The highest BCUT2D eigenvalue weighted by atomic mass is 16.6. The van der Waals surface area contributed by atoms with Crippen molar-refractivity contribution in [2.45, 2.75) is 52.2 Å². The van der Waals surface area contributed by atoms with Crippen molar-refractivity contribution < 1.29 is 9.53 Å². The van der Waals surface area contributed by atoms with Gasteiger partial charge in [-0.3, -0.25) is 4.90 Å². The number of nitrogens with zero attached hydrogens (tertiary/aromatic N) is 2. The lowest BCUT2D eigenvalue weighted by Gasteiger charge is -2.46. The lowest BCUT2D eigenvalue weighted by atomic mass is 9.95. The first-order valence-corrected chi connectivity index (χ1v) is 7.07. The number of ether oxygens (including phenoxy) is 1. The normalized spacial score (nSPS) is 23.9. The molecule has 4 heteroatoms. The van der Waals surface area contributed by atoms with Crippen LogP contribution < -0.4 is 0 Å². The standard InChI is InChI=1S/C14H26N2O2/c1-11-9-16(10-11)12-5-7-15(8-6-12)13(17)18-14(2,3)4/h11-12H,5-10H2,1-4H3. The van der Waals surface area contributed by atoms with Crippen LogP contribution in [0.1, 0.15) is 40.5 Å². The fraction of sp³-hybridized carbons (Fsp3) is 0.929. The molecule has 2 heterocycles. The second kappa shape index (κ2) is 5.08. The van der Waals surface area contributed by atoms with Gasteiger partial charge in [0, 0.05) is 32.2 Å². The van der Waals surface area contributed by atoms with E-state index in [0.717, 1.165) is 31.8 Å². The molecule has 0 radical (unpaired) electrons. The molecule has 2 rings (SSSR count). The number of carbonyl (C=O) groups is 1. The topological polar surface area (TPSA) is 32.8 Å². The highest BCUT2D eigenvalue weighted by Gasteiger charge is 2.33. The fourth-order valence-corrected chi connectivity index (χ4v) is 2.79. The zero-order chi connectivity index (χ0) is 13.3. The first-order valence-electron chi connectivity index (χ1n) is 7.07. The predicted molar refractivity (Wildman–Crippen MR) is 71.6 cm³/mol. The van der Waals surface area contributed by atoms with Gasteiger partial charge in [0.1, 0.15) is 5.60 Å². The minimum atomic E-state index is -0.388. The van der Waals surface area contributed by atoms with Crippen LogP contribution >= 0.6 is 0 Å². The Bertz CT molecular complexity index is 297. The quantitative estimate of drug-likeness (QED) is 0.720. The molecule has 0 spiro atoms. The van der Waals surface area contributed by atoms with Gasteiger partial charge in [-0.15, -0.1) is 0 Å². The van der Waals surface area contributed by atoms with Crippen LogP contribution in [-0.2, 0) is 4.74 Å². The van der Waals surface area contributed by atoms with E-state index in [9.17, 15) is 4.79 Å². The highest BCUT2D eigenvalue weighted by molar-refractivity contribution is 5.68. The molecular weight excluding hydrogens is 228 g/mol. The molecule has 4 nitrogen and oxygen atoms in total. The summed E-state index contributed by atoms with van der Waals surface area (Å²) in [4.78, 5) is 16.3. The average Bonchev–Trinajstić information content (AvgIpc) is 2.23. The molecule has 0 aliphatic carbocycles. The third-order valence-corrected chi connectivity index (χ3v) is 3.72. The summed E-state index contributed by atoms with van der Waals surface area (Å²) in [5.41, 5.74) is -0.388. The van der Waals surface area contributed by atoms with Crippen LogP contribution in [0, 0.1) is 5.92 Å². The molecule has 0 saturated carbocycles. The van der Waals surface area contributed by atoms with Crippen molar-refractivity contribution in [3.63, 3.8) is 0 Å². The summed E-state index contributed by atoms with van der Waals surface area (Å²) >= 11 is 0. The maximum atomic E-state index is 11.9. The van der Waals surface area contributed by atoms with E-state index in [4.69, 9.17) is 4.74 Å². The Balaban J connectivity index is 1.74. The molecule has 0 bridgehead atoms. The van der Waals surface area contributed by atoms with Crippen LogP contribution in [0.2, 0.25) is 0 Å². The van der Waals surface area contributed by atoms with E-state index >= 15 is 0 Å². The summed E-state index contributed by atoms with van der Waals surface area (Å²) in [6, 6.07) is 0.680. The van der Waals surface area contributed by atoms with E-state index in [1.165, 1.54) is 13.1 Å². The van der Waals surface area contributed by atoms with Gasteiger partial charge in [0.25, 0.3) is 0 Å². The van der Waals surface area contributed by atoms with Gasteiger partial charge >= 0.3 is 6.09 Å². The van der Waals surface area contributed by atoms with Crippen molar-refractivity contribution >= 4 is 6.09 Å². The van der Waals surface area contributed by atoms with Crippen LogP contribution in [0.3, 0.4) is 0 Å². The van der Waals surface area contributed by atoms with E-state index in [1.54, 1.807) is 0 Å². The van der Waals surface area contributed by atoms with Crippen LogP contribution in [0.5, 0.6) is 0 Å². The molecular formula is C14H26N2O2. The van der Waals surface area contributed by atoms with E-state index < -0.39 is 0 Å². The van der Waals surface area contributed by atoms with E-state index in [-0.39, 0.29) is 11.7 Å². The summed E-state index contributed by atoms with van der Waals surface area (Å²) in [5.74, 6) is 0.855. The van der Waals surface area contributed by atoms with Crippen molar-refractivity contribution in [2.75, 3.05) is 26.2 Å². The Hall–Kier alpha value is -0.770. The van der Waals surface area contributed by atoms with Gasteiger partial charge in [0.05, 0.1) is 0 Å². The van der Waals surface area contributed by atoms with E-state index in [2.05, 4.69) is 11.8 Å². The van der Waals surface area contributed by atoms with Gasteiger partial charge in [0.2, 0.25) is 0 Å². The maximum absolute atomic E-state index is 11.9. The molecule has 1 amide bonds. The Morgan fingerprint density at radius 1 is 1.17 bits per heavy atom. The Labute approximate surface area is 110 Å². The molecule has 0 aromatic heterocycles. The summed E-state index contributed by atoms with van der Waals surface area (Å²) in [6.45, 7) is 12.2. The van der Waals surface area contributed by atoms with Crippen molar-refractivity contribution in [1.82, 2.24) is 9.80 Å². The zero-order valence-electron chi connectivity index (χ0n) is 12.1. The summed E-state index contributed by atoms with van der Waals surface area (Å²) in [5, 5.41) is 0. The van der Waals surface area contributed by atoms with Crippen LogP contribution in [-0.4, -0.2) is 53.7 Å². The zero-order valence-corrected chi connectivity index (χ0v) is 12.1. The van der Waals surface area contributed by atoms with E-state index in [0.29, 0.717) is 6.04 Å². The molecule has 104 valence electrons. The van der Waals surface area contributed by atoms with Crippen molar-refractivity contribution in [2.24, 2.45) is 5.92 Å². The Kier molecular flexibility index (Phi) is 3.85. The second-order valence-electron chi connectivity index (χ2n) is 6.76.